The van der Waals surface area contributed by atoms with E-state index in [0.29, 0.717) is 12.3 Å². The van der Waals surface area contributed by atoms with Gasteiger partial charge in [0.2, 0.25) is 0 Å². The van der Waals surface area contributed by atoms with Crippen molar-refractivity contribution in [2.24, 2.45) is 11.7 Å². The van der Waals surface area contributed by atoms with E-state index in [1.165, 1.54) is 5.56 Å². The highest BCUT2D eigenvalue weighted by Crippen LogP contribution is 2.13. The van der Waals surface area contributed by atoms with Gasteiger partial charge in [0.1, 0.15) is 0 Å². The Morgan fingerprint density at radius 2 is 2.00 bits per heavy atom. The molecular weight excluding hydrogens is 210 g/mol. The Kier molecular flexibility index (Phi) is 5.36. The normalized spacial score (nSPS) is 12.8. The second kappa shape index (κ2) is 6.55. The standard InChI is InChI=1S/C15H23NO/c1-11(2)9-13-5-4-6-14(10-13)15(17)8-7-12(3)16/h4-6,10-12H,7-9,16H2,1-3H3. The molecular formula is C15H23NO. The SMILES string of the molecule is CC(C)Cc1cccc(C(=O)CCC(C)N)c1. The van der Waals surface area contributed by atoms with Crippen molar-refractivity contribution in [2.45, 2.75) is 46.1 Å². The number of carbonyl (C=O) groups is 1. The van der Waals surface area contributed by atoms with Gasteiger partial charge in [0.25, 0.3) is 0 Å². The Labute approximate surface area is 104 Å². The van der Waals surface area contributed by atoms with Crippen molar-refractivity contribution >= 4 is 5.78 Å². The van der Waals surface area contributed by atoms with E-state index in [-0.39, 0.29) is 11.8 Å². The summed E-state index contributed by atoms with van der Waals surface area (Å²) in [5.74, 6) is 0.817. The van der Waals surface area contributed by atoms with Gasteiger partial charge in [-0.05, 0) is 37.3 Å². The Hall–Kier alpha value is -1.15. The summed E-state index contributed by atoms with van der Waals surface area (Å²) in [6.07, 6.45) is 2.32. The summed E-state index contributed by atoms with van der Waals surface area (Å²) in [7, 11) is 0. The summed E-state index contributed by atoms with van der Waals surface area (Å²) in [4.78, 5) is 11.9. The Morgan fingerprint density at radius 3 is 2.59 bits per heavy atom. The summed E-state index contributed by atoms with van der Waals surface area (Å²) in [5.41, 5.74) is 7.73. The molecule has 0 bridgehead atoms. The van der Waals surface area contributed by atoms with Crippen molar-refractivity contribution in [2.75, 3.05) is 0 Å². The molecule has 0 aliphatic carbocycles. The van der Waals surface area contributed by atoms with E-state index in [1.807, 2.05) is 25.1 Å². The Bertz CT molecular complexity index is 369. The molecule has 1 aromatic carbocycles. The highest BCUT2D eigenvalue weighted by atomic mass is 16.1. The molecule has 94 valence electrons. The maximum atomic E-state index is 11.9. The van der Waals surface area contributed by atoms with Crippen LogP contribution in [0.3, 0.4) is 0 Å². The molecule has 0 fully saturated rings. The van der Waals surface area contributed by atoms with Gasteiger partial charge in [0, 0.05) is 18.0 Å². The number of nitrogens with two attached hydrogens (primary N) is 1. The molecule has 2 nitrogen and oxygen atoms in total. The lowest BCUT2D eigenvalue weighted by Crippen LogP contribution is -2.16. The summed E-state index contributed by atoms with van der Waals surface area (Å²) >= 11 is 0. The zero-order valence-corrected chi connectivity index (χ0v) is 11.1. The number of ketones is 1. The van der Waals surface area contributed by atoms with Crippen molar-refractivity contribution in [3.63, 3.8) is 0 Å². The smallest absolute Gasteiger partial charge is 0.162 e. The van der Waals surface area contributed by atoms with Crippen LogP contribution < -0.4 is 5.73 Å². The topological polar surface area (TPSA) is 43.1 Å². The van der Waals surface area contributed by atoms with Crippen LogP contribution in [-0.4, -0.2) is 11.8 Å². The molecule has 1 atom stereocenters. The van der Waals surface area contributed by atoms with E-state index in [0.717, 1.165) is 18.4 Å². The fraction of sp³-hybridized carbons (Fsp3) is 0.533. The zero-order valence-electron chi connectivity index (χ0n) is 11.1. The van der Waals surface area contributed by atoms with Crippen LogP contribution in [0.2, 0.25) is 0 Å². The second-order valence-corrected chi connectivity index (χ2v) is 5.24. The third-order valence-corrected chi connectivity index (χ3v) is 2.72. The maximum Gasteiger partial charge on any atom is 0.162 e. The molecule has 0 aliphatic heterocycles. The number of benzene rings is 1. The van der Waals surface area contributed by atoms with E-state index >= 15 is 0 Å². The Morgan fingerprint density at radius 1 is 1.29 bits per heavy atom. The summed E-state index contributed by atoms with van der Waals surface area (Å²) in [6, 6.07) is 8.06. The zero-order chi connectivity index (χ0) is 12.8. The average Bonchev–Trinajstić information content (AvgIpc) is 2.25. The van der Waals surface area contributed by atoms with E-state index < -0.39 is 0 Å². The van der Waals surface area contributed by atoms with Gasteiger partial charge in [-0.2, -0.15) is 0 Å². The first-order chi connectivity index (χ1) is 7.99. The van der Waals surface area contributed by atoms with E-state index in [2.05, 4.69) is 19.9 Å². The van der Waals surface area contributed by atoms with Gasteiger partial charge in [-0.15, -0.1) is 0 Å². The highest BCUT2D eigenvalue weighted by Gasteiger charge is 2.08. The summed E-state index contributed by atoms with van der Waals surface area (Å²) < 4.78 is 0. The van der Waals surface area contributed by atoms with Gasteiger partial charge in [-0.25, -0.2) is 0 Å². The predicted molar refractivity (Wildman–Crippen MR) is 72.2 cm³/mol. The molecule has 17 heavy (non-hydrogen) atoms. The van der Waals surface area contributed by atoms with Crippen molar-refractivity contribution in [3.8, 4) is 0 Å². The van der Waals surface area contributed by atoms with Crippen LogP contribution in [0.15, 0.2) is 24.3 Å². The minimum absolute atomic E-state index is 0.0952. The van der Waals surface area contributed by atoms with Crippen LogP contribution in [0.25, 0.3) is 0 Å². The van der Waals surface area contributed by atoms with E-state index in [4.69, 9.17) is 5.73 Å². The van der Waals surface area contributed by atoms with Crippen LogP contribution in [-0.2, 0) is 6.42 Å². The number of hydrogen-bond acceptors (Lipinski definition) is 2. The number of hydrogen-bond donors (Lipinski definition) is 1. The molecule has 0 heterocycles. The molecule has 0 radical (unpaired) electrons. The van der Waals surface area contributed by atoms with Crippen LogP contribution in [0.1, 0.15) is 49.5 Å². The lowest BCUT2D eigenvalue weighted by Gasteiger charge is -2.08. The Balaban J connectivity index is 2.67. The molecule has 0 amide bonds. The third-order valence-electron chi connectivity index (χ3n) is 2.72. The molecule has 0 aliphatic rings. The van der Waals surface area contributed by atoms with Gasteiger partial charge in [0.05, 0.1) is 0 Å². The van der Waals surface area contributed by atoms with Crippen LogP contribution >= 0.6 is 0 Å². The molecule has 1 aromatic rings. The first-order valence-corrected chi connectivity index (χ1v) is 6.36. The molecule has 1 rings (SSSR count). The quantitative estimate of drug-likeness (QED) is 0.767. The number of rotatable bonds is 6. The van der Waals surface area contributed by atoms with E-state index in [1.54, 1.807) is 0 Å². The minimum atomic E-state index is 0.0952. The monoisotopic (exact) mass is 233 g/mol. The van der Waals surface area contributed by atoms with Crippen molar-refractivity contribution in [1.82, 2.24) is 0 Å². The summed E-state index contributed by atoms with van der Waals surface area (Å²) in [5, 5.41) is 0. The van der Waals surface area contributed by atoms with Crippen LogP contribution in [0.5, 0.6) is 0 Å². The molecule has 0 aromatic heterocycles. The van der Waals surface area contributed by atoms with Gasteiger partial charge in [0.15, 0.2) is 5.78 Å². The van der Waals surface area contributed by atoms with Gasteiger partial charge in [-0.1, -0.05) is 32.0 Å². The molecule has 2 heteroatoms. The number of carbonyl (C=O) groups excluding carboxylic acids is 1. The van der Waals surface area contributed by atoms with Gasteiger partial charge >= 0.3 is 0 Å². The van der Waals surface area contributed by atoms with Gasteiger partial charge in [-0.3, -0.25) is 4.79 Å². The van der Waals surface area contributed by atoms with Gasteiger partial charge < -0.3 is 5.73 Å². The lowest BCUT2D eigenvalue weighted by molar-refractivity contribution is 0.0978. The third kappa shape index (κ3) is 5.14. The molecule has 0 saturated heterocycles. The minimum Gasteiger partial charge on any atom is -0.328 e. The van der Waals surface area contributed by atoms with Crippen molar-refractivity contribution in [3.05, 3.63) is 35.4 Å². The first-order valence-electron chi connectivity index (χ1n) is 6.36. The van der Waals surface area contributed by atoms with Crippen LogP contribution in [0, 0.1) is 5.92 Å². The highest BCUT2D eigenvalue weighted by molar-refractivity contribution is 5.96. The molecule has 2 N–H and O–H groups in total. The average molecular weight is 233 g/mol. The molecule has 1 unspecified atom stereocenters. The summed E-state index contributed by atoms with van der Waals surface area (Å²) in [6.45, 7) is 6.30. The van der Waals surface area contributed by atoms with Crippen LogP contribution in [0.4, 0.5) is 0 Å². The largest absolute Gasteiger partial charge is 0.328 e. The second-order valence-electron chi connectivity index (χ2n) is 5.24. The lowest BCUT2D eigenvalue weighted by atomic mass is 9.98. The fourth-order valence-electron chi connectivity index (χ4n) is 1.85. The number of Topliss-reactive ketones (excluding diaryl/α,β-unsaturated/α-hetero) is 1. The fourth-order valence-corrected chi connectivity index (χ4v) is 1.85. The predicted octanol–water partition coefficient (Wildman–Crippen LogP) is 3.20. The van der Waals surface area contributed by atoms with E-state index in [9.17, 15) is 4.79 Å². The maximum absolute atomic E-state index is 11.9. The van der Waals surface area contributed by atoms with Crippen molar-refractivity contribution in [1.29, 1.82) is 0 Å². The van der Waals surface area contributed by atoms with Crippen molar-refractivity contribution < 1.29 is 4.79 Å². The molecule has 0 spiro atoms. The molecule has 0 saturated carbocycles. The first kappa shape index (κ1) is 13.9.